The number of carbonyl (C=O) groups is 2. The van der Waals surface area contributed by atoms with E-state index in [4.69, 9.17) is 0 Å². The van der Waals surface area contributed by atoms with E-state index in [0.29, 0.717) is 10.7 Å². The summed E-state index contributed by atoms with van der Waals surface area (Å²) in [7, 11) is 0. The van der Waals surface area contributed by atoms with Crippen molar-refractivity contribution in [1.29, 1.82) is 0 Å². The predicted octanol–water partition coefficient (Wildman–Crippen LogP) is 3.24. The molecule has 0 aliphatic heterocycles. The summed E-state index contributed by atoms with van der Waals surface area (Å²) in [5.74, 6) is -0.834. The van der Waals surface area contributed by atoms with Crippen molar-refractivity contribution in [3.05, 3.63) is 51.0 Å². The number of hydrogen-bond donors (Lipinski definition) is 1. The second kappa shape index (κ2) is 7.61. The van der Waals surface area contributed by atoms with Crippen LogP contribution in [0.3, 0.4) is 0 Å². The Kier molecular flexibility index (Phi) is 5.71. The fourth-order valence-electron chi connectivity index (χ4n) is 2.30. The van der Waals surface area contributed by atoms with E-state index in [2.05, 4.69) is 10.3 Å². The lowest BCUT2D eigenvalue weighted by atomic mass is 10.0. The number of thiazole rings is 1. The highest BCUT2D eigenvalue weighted by Gasteiger charge is 2.30. The van der Waals surface area contributed by atoms with Crippen LogP contribution >= 0.6 is 11.3 Å². The molecule has 0 aliphatic carbocycles. The molecule has 2 aromatic rings. The zero-order valence-electron chi connectivity index (χ0n) is 15.0. The Hall–Kier alpha value is -2.81. The van der Waals surface area contributed by atoms with Gasteiger partial charge in [0.25, 0.3) is 11.6 Å². The minimum Gasteiger partial charge on any atom is -0.324 e. The highest BCUT2D eigenvalue weighted by atomic mass is 32.1. The Bertz CT molecular complexity index is 828. The van der Waals surface area contributed by atoms with Crippen molar-refractivity contribution in [2.75, 3.05) is 11.9 Å². The van der Waals surface area contributed by atoms with E-state index in [9.17, 15) is 19.7 Å². The van der Waals surface area contributed by atoms with Crippen LogP contribution in [0.15, 0.2) is 29.8 Å². The standard InChI is InChI=1S/C17H20N4O4S/c1-11-5-6-12(9-13(11)21(24)25)15(23)20(17(2,3)4)10-14(22)19-16-18-7-8-26-16/h5-9H,10H2,1-4H3,(H,18,19,22). The van der Waals surface area contributed by atoms with Crippen LogP contribution in [0.2, 0.25) is 0 Å². The third-order valence-electron chi connectivity index (χ3n) is 3.69. The molecule has 0 radical (unpaired) electrons. The Labute approximate surface area is 155 Å². The molecule has 1 aromatic carbocycles. The lowest BCUT2D eigenvalue weighted by Crippen LogP contribution is -2.49. The van der Waals surface area contributed by atoms with Crippen LogP contribution in [0.4, 0.5) is 10.8 Å². The van der Waals surface area contributed by atoms with Gasteiger partial charge in [-0.2, -0.15) is 0 Å². The van der Waals surface area contributed by atoms with E-state index >= 15 is 0 Å². The number of aryl methyl sites for hydroxylation is 1. The smallest absolute Gasteiger partial charge is 0.273 e. The SMILES string of the molecule is Cc1ccc(C(=O)N(CC(=O)Nc2nccs2)C(C)(C)C)cc1[N+](=O)[O-]. The van der Waals surface area contributed by atoms with E-state index in [1.807, 2.05) is 0 Å². The zero-order valence-corrected chi connectivity index (χ0v) is 15.8. The maximum atomic E-state index is 12.9. The largest absolute Gasteiger partial charge is 0.324 e. The number of hydrogen-bond acceptors (Lipinski definition) is 6. The number of nitro benzene ring substituents is 1. The molecular weight excluding hydrogens is 356 g/mol. The normalized spacial score (nSPS) is 11.1. The molecule has 0 spiro atoms. The molecule has 1 aromatic heterocycles. The topological polar surface area (TPSA) is 105 Å². The Morgan fingerprint density at radius 3 is 2.58 bits per heavy atom. The van der Waals surface area contributed by atoms with E-state index < -0.39 is 16.4 Å². The summed E-state index contributed by atoms with van der Waals surface area (Å²) >= 11 is 1.28. The van der Waals surface area contributed by atoms with Crippen molar-refractivity contribution in [3.8, 4) is 0 Å². The number of nitrogens with one attached hydrogen (secondary N) is 1. The van der Waals surface area contributed by atoms with Crippen LogP contribution in [0.1, 0.15) is 36.7 Å². The molecule has 138 valence electrons. The van der Waals surface area contributed by atoms with Crippen molar-refractivity contribution in [2.24, 2.45) is 0 Å². The lowest BCUT2D eigenvalue weighted by molar-refractivity contribution is -0.385. The van der Waals surface area contributed by atoms with Crippen molar-refractivity contribution in [2.45, 2.75) is 33.2 Å². The molecule has 0 atom stereocenters. The number of nitro groups is 1. The second-order valence-electron chi connectivity index (χ2n) is 6.71. The van der Waals surface area contributed by atoms with E-state index in [-0.39, 0.29) is 23.7 Å². The molecule has 9 heteroatoms. The molecule has 0 saturated carbocycles. The molecular formula is C17H20N4O4S. The lowest BCUT2D eigenvalue weighted by Gasteiger charge is -2.35. The molecule has 0 fully saturated rings. The van der Waals surface area contributed by atoms with Gasteiger partial charge >= 0.3 is 0 Å². The second-order valence-corrected chi connectivity index (χ2v) is 7.60. The summed E-state index contributed by atoms with van der Waals surface area (Å²) in [5, 5.41) is 15.9. The first-order valence-electron chi connectivity index (χ1n) is 7.86. The summed E-state index contributed by atoms with van der Waals surface area (Å²) in [6.45, 7) is 6.80. The molecule has 8 nitrogen and oxygen atoms in total. The van der Waals surface area contributed by atoms with Crippen LogP contribution in [0.5, 0.6) is 0 Å². The Morgan fingerprint density at radius 2 is 2.04 bits per heavy atom. The number of carbonyl (C=O) groups excluding carboxylic acids is 2. The Balaban J connectivity index is 2.26. The average Bonchev–Trinajstić information content (AvgIpc) is 3.04. The summed E-state index contributed by atoms with van der Waals surface area (Å²) in [6, 6.07) is 4.30. The van der Waals surface area contributed by atoms with Gasteiger partial charge in [-0.05, 0) is 33.8 Å². The fourth-order valence-corrected chi connectivity index (χ4v) is 2.84. The van der Waals surface area contributed by atoms with Gasteiger partial charge in [0.1, 0.15) is 6.54 Å². The Morgan fingerprint density at radius 1 is 1.35 bits per heavy atom. The summed E-state index contributed by atoms with van der Waals surface area (Å²) < 4.78 is 0. The van der Waals surface area contributed by atoms with Crippen molar-refractivity contribution in [1.82, 2.24) is 9.88 Å². The van der Waals surface area contributed by atoms with Crippen molar-refractivity contribution in [3.63, 3.8) is 0 Å². The number of anilines is 1. The van der Waals surface area contributed by atoms with Gasteiger partial charge in [-0.25, -0.2) is 4.98 Å². The molecule has 2 rings (SSSR count). The highest BCUT2D eigenvalue weighted by molar-refractivity contribution is 7.13. The molecule has 2 amide bonds. The minimum atomic E-state index is -0.656. The van der Waals surface area contributed by atoms with Gasteiger partial charge < -0.3 is 10.2 Å². The van der Waals surface area contributed by atoms with Crippen LogP contribution in [-0.4, -0.2) is 38.7 Å². The monoisotopic (exact) mass is 376 g/mol. The van der Waals surface area contributed by atoms with Crippen LogP contribution in [0.25, 0.3) is 0 Å². The van der Waals surface area contributed by atoms with Crippen molar-refractivity contribution < 1.29 is 14.5 Å². The highest BCUT2D eigenvalue weighted by Crippen LogP contribution is 2.23. The molecule has 1 heterocycles. The van der Waals surface area contributed by atoms with E-state index in [1.54, 1.807) is 39.3 Å². The fraction of sp³-hybridized carbons (Fsp3) is 0.353. The molecule has 1 N–H and O–H groups in total. The first-order chi connectivity index (χ1) is 12.1. The van der Waals surface area contributed by atoms with Gasteiger partial charge in [0.15, 0.2) is 5.13 Å². The molecule has 0 saturated heterocycles. The number of rotatable bonds is 5. The minimum absolute atomic E-state index is 0.128. The summed E-state index contributed by atoms with van der Waals surface area (Å²) in [5.41, 5.74) is -0.150. The van der Waals surface area contributed by atoms with Gasteiger partial charge in [0.2, 0.25) is 5.91 Å². The van der Waals surface area contributed by atoms with Crippen LogP contribution < -0.4 is 5.32 Å². The summed E-state index contributed by atoms with van der Waals surface area (Å²) in [4.78, 5) is 41.2. The predicted molar refractivity (Wildman–Crippen MR) is 99.4 cm³/mol. The molecule has 26 heavy (non-hydrogen) atoms. The van der Waals surface area contributed by atoms with Crippen LogP contribution in [-0.2, 0) is 4.79 Å². The van der Waals surface area contributed by atoms with E-state index in [0.717, 1.165) is 0 Å². The molecule has 0 unspecified atom stereocenters. The third-order valence-corrected chi connectivity index (χ3v) is 4.38. The first-order valence-corrected chi connectivity index (χ1v) is 8.74. The van der Waals surface area contributed by atoms with Gasteiger partial charge in [0, 0.05) is 34.3 Å². The van der Waals surface area contributed by atoms with Gasteiger partial charge in [-0.15, -0.1) is 11.3 Å². The third kappa shape index (κ3) is 4.63. The maximum absolute atomic E-state index is 12.9. The van der Waals surface area contributed by atoms with Crippen LogP contribution in [0, 0.1) is 17.0 Å². The molecule has 0 bridgehead atoms. The quantitative estimate of drug-likeness (QED) is 0.637. The zero-order chi connectivity index (χ0) is 19.5. The van der Waals surface area contributed by atoms with E-state index in [1.165, 1.54) is 34.4 Å². The van der Waals surface area contributed by atoms with Crippen molar-refractivity contribution >= 4 is 34.0 Å². The first kappa shape index (κ1) is 19.5. The van der Waals surface area contributed by atoms with Gasteiger partial charge in [-0.3, -0.25) is 19.7 Å². The average molecular weight is 376 g/mol. The number of amides is 2. The van der Waals surface area contributed by atoms with Gasteiger partial charge in [-0.1, -0.05) is 6.07 Å². The molecule has 0 aliphatic rings. The number of benzene rings is 1. The number of nitrogens with zero attached hydrogens (tertiary/aromatic N) is 3. The van der Waals surface area contributed by atoms with Gasteiger partial charge in [0.05, 0.1) is 4.92 Å². The maximum Gasteiger partial charge on any atom is 0.273 e. The number of aromatic nitrogens is 1. The summed E-state index contributed by atoms with van der Waals surface area (Å²) in [6.07, 6.45) is 1.57.